The van der Waals surface area contributed by atoms with Crippen molar-refractivity contribution in [2.45, 2.75) is 6.42 Å². The Morgan fingerprint density at radius 1 is 1.04 bits per heavy atom. The second kappa shape index (κ2) is 5.55. The van der Waals surface area contributed by atoms with Gasteiger partial charge in [0.1, 0.15) is 17.3 Å². The zero-order valence-corrected chi connectivity index (χ0v) is 13.5. The van der Waals surface area contributed by atoms with Crippen LogP contribution in [-0.2, 0) is 6.42 Å². The second-order valence-electron chi connectivity index (χ2n) is 5.34. The molecule has 2 heterocycles. The molecule has 4 rings (SSSR count). The summed E-state index contributed by atoms with van der Waals surface area (Å²) in [4.78, 5) is 0. The lowest BCUT2D eigenvalue weighted by Gasteiger charge is -2.07. The van der Waals surface area contributed by atoms with Crippen LogP contribution >= 0.6 is 23.2 Å². The average molecular weight is 348 g/mol. The van der Waals surface area contributed by atoms with Crippen LogP contribution in [0.2, 0.25) is 10.0 Å². The van der Waals surface area contributed by atoms with Crippen molar-refractivity contribution in [2.75, 3.05) is 11.9 Å². The van der Waals surface area contributed by atoms with Crippen LogP contribution in [0.3, 0.4) is 0 Å². The molecule has 0 saturated heterocycles. The minimum Gasteiger partial charge on any atom is -0.369 e. The van der Waals surface area contributed by atoms with Gasteiger partial charge in [-0.25, -0.2) is 9.07 Å². The Hall–Kier alpha value is -2.04. The molecule has 0 atom stereocenters. The first-order valence-corrected chi connectivity index (χ1v) is 7.97. The van der Waals surface area contributed by atoms with Gasteiger partial charge in [0, 0.05) is 17.7 Å². The summed E-state index contributed by atoms with van der Waals surface area (Å²) < 4.78 is 14.9. The Kier molecular flexibility index (Phi) is 3.51. The van der Waals surface area contributed by atoms with E-state index in [-0.39, 0.29) is 5.82 Å². The summed E-state index contributed by atoms with van der Waals surface area (Å²) in [6.07, 6.45) is 0.841. The monoisotopic (exact) mass is 347 g/mol. The summed E-state index contributed by atoms with van der Waals surface area (Å²) >= 11 is 12.7. The van der Waals surface area contributed by atoms with Crippen LogP contribution in [-0.4, -0.2) is 16.3 Å². The number of fused-ring (bicyclic) bond motifs is 1. The van der Waals surface area contributed by atoms with E-state index in [9.17, 15) is 4.39 Å². The molecule has 0 amide bonds. The highest BCUT2D eigenvalue weighted by molar-refractivity contribution is 6.39. The van der Waals surface area contributed by atoms with Crippen molar-refractivity contribution < 1.29 is 4.39 Å². The van der Waals surface area contributed by atoms with Gasteiger partial charge in [-0.3, -0.25) is 0 Å². The van der Waals surface area contributed by atoms with Gasteiger partial charge in [-0.05, 0) is 42.8 Å². The molecule has 3 nitrogen and oxygen atoms in total. The predicted molar refractivity (Wildman–Crippen MR) is 91.2 cm³/mol. The normalized spacial score (nSPS) is 13.0. The fraction of sp³-hybridized carbons (Fsp3) is 0.118. The van der Waals surface area contributed by atoms with Gasteiger partial charge < -0.3 is 5.32 Å². The van der Waals surface area contributed by atoms with E-state index in [1.165, 1.54) is 12.1 Å². The summed E-state index contributed by atoms with van der Waals surface area (Å²) in [5.41, 5.74) is 3.36. The van der Waals surface area contributed by atoms with Crippen molar-refractivity contribution in [1.29, 1.82) is 0 Å². The number of hydrogen-bond donors (Lipinski definition) is 1. The van der Waals surface area contributed by atoms with Gasteiger partial charge in [0.15, 0.2) is 0 Å². The van der Waals surface area contributed by atoms with Crippen molar-refractivity contribution in [3.8, 4) is 16.9 Å². The number of anilines is 1. The molecule has 1 N–H and O–H groups in total. The predicted octanol–water partition coefficient (Wildman–Crippen LogP) is 4.95. The molecule has 0 spiro atoms. The first kappa shape index (κ1) is 14.5. The molecule has 0 fully saturated rings. The van der Waals surface area contributed by atoms with Gasteiger partial charge in [0.25, 0.3) is 0 Å². The molecule has 6 heteroatoms. The quantitative estimate of drug-likeness (QED) is 0.710. The van der Waals surface area contributed by atoms with E-state index in [1.807, 2.05) is 6.07 Å². The van der Waals surface area contributed by atoms with E-state index < -0.39 is 0 Å². The minimum absolute atomic E-state index is 0.278. The molecule has 1 aliphatic rings. The number of halogens is 3. The molecule has 1 aliphatic heterocycles. The maximum absolute atomic E-state index is 13.2. The topological polar surface area (TPSA) is 29.9 Å². The van der Waals surface area contributed by atoms with Gasteiger partial charge in [-0.1, -0.05) is 29.3 Å². The van der Waals surface area contributed by atoms with Crippen molar-refractivity contribution in [1.82, 2.24) is 9.78 Å². The molecule has 3 aromatic rings. The van der Waals surface area contributed by atoms with Crippen molar-refractivity contribution in [3.63, 3.8) is 0 Å². The zero-order chi connectivity index (χ0) is 16.0. The van der Waals surface area contributed by atoms with E-state index in [2.05, 4.69) is 10.4 Å². The minimum atomic E-state index is -0.278. The Labute approximate surface area is 142 Å². The fourth-order valence-corrected chi connectivity index (χ4v) is 3.45. The fourth-order valence-electron chi connectivity index (χ4n) is 2.87. The summed E-state index contributed by atoms with van der Waals surface area (Å²) in [5, 5.41) is 9.15. The summed E-state index contributed by atoms with van der Waals surface area (Å²) in [5.74, 6) is 0.627. The van der Waals surface area contributed by atoms with Crippen LogP contribution < -0.4 is 5.32 Å². The summed E-state index contributed by atoms with van der Waals surface area (Å²) in [6.45, 7) is 0.823. The number of nitrogens with one attached hydrogen (secondary N) is 1. The van der Waals surface area contributed by atoms with Crippen LogP contribution in [0.25, 0.3) is 16.9 Å². The second-order valence-corrected chi connectivity index (χ2v) is 6.15. The van der Waals surface area contributed by atoms with Crippen LogP contribution in [0.15, 0.2) is 42.5 Å². The van der Waals surface area contributed by atoms with E-state index in [0.717, 1.165) is 41.3 Å². The van der Waals surface area contributed by atoms with Gasteiger partial charge in [-0.2, -0.15) is 5.10 Å². The first-order valence-electron chi connectivity index (χ1n) is 7.21. The van der Waals surface area contributed by atoms with Gasteiger partial charge >= 0.3 is 0 Å². The highest BCUT2D eigenvalue weighted by Gasteiger charge is 2.26. The molecule has 116 valence electrons. The Bertz CT molecular complexity index is 867. The summed E-state index contributed by atoms with van der Waals surface area (Å²) in [6, 6.07) is 11.6. The summed E-state index contributed by atoms with van der Waals surface area (Å²) in [7, 11) is 0. The Morgan fingerprint density at radius 3 is 2.43 bits per heavy atom. The molecule has 2 aromatic carbocycles. The largest absolute Gasteiger partial charge is 0.369 e. The van der Waals surface area contributed by atoms with Gasteiger partial charge in [-0.15, -0.1) is 0 Å². The van der Waals surface area contributed by atoms with Crippen molar-refractivity contribution in [2.24, 2.45) is 0 Å². The third-order valence-corrected chi connectivity index (χ3v) is 4.55. The first-order chi connectivity index (χ1) is 11.1. The lowest BCUT2D eigenvalue weighted by Crippen LogP contribution is -2.04. The lowest BCUT2D eigenvalue weighted by atomic mass is 10.1. The van der Waals surface area contributed by atoms with Crippen molar-refractivity contribution >= 4 is 29.0 Å². The number of rotatable bonds is 2. The van der Waals surface area contributed by atoms with Crippen molar-refractivity contribution in [3.05, 3.63) is 63.9 Å². The maximum atomic E-state index is 13.2. The number of aromatic nitrogens is 2. The third kappa shape index (κ3) is 2.38. The molecular formula is C17H12Cl2FN3. The van der Waals surface area contributed by atoms with E-state index in [4.69, 9.17) is 23.2 Å². The average Bonchev–Trinajstić information content (AvgIpc) is 3.12. The highest BCUT2D eigenvalue weighted by atomic mass is 35.5. The molecule has 0 unspecified atom stereocenters. The smallest absolute Gasteiger partial charge is 0.133 e. The number of nitrogens with zero attached hydrogens (tertiary/aromatic N) is 2. The maximum Gasteiger partial charge on any atom is 0.133 e. The van der Waals surface area contributed by atoms with Gasteiger partial charge in [0.2, 0.25) is 0 Å². The van der Waals surface area contributed by atoms with E-state index in [1.54, 1.807) is 28.9 Å². The molecule has 23 heavy (non-hydrogen) atoms. The SMILES string of the molecule is Fc1ccc(-n2nc(-c3c(Cl)cccc3Cl)c3c2NCC3)cc1. The Morgan fingerprint density at radius 2 is 1.74 bits per heavy atom. The molecule has 0 aliphatic carbocycles. The molecule has 0 bridgehead atoms. The van der Waals surface area contributed by atoms with Gasteiger partial charge in [0.05, 0.1) is 15.7 Å². The van der Waals surface area contributed by atoms with Crippen LogP contribution in [0.5, 0.6) is 0 Å². The molecule has 0 saturated carbocycles. The number of benzene rings is 2. The standard InChI is InChI=1S/C17H12Cl2FN3/c18-13-2-1-3-14(19)15(13)16-12-8-9-21-17(12)23(22-16)11-6-4-10(20)5-7-11/h1-7,21H,8-9H2. The third-order valence-electron chi connectivity index (χ3n) is 3.92. The van der Waals surface area contributed by atoms with Crippen LogP contribution in [0, 0.1) is 5.82 Å². The number of hydrogen-bond acceptors (Lipinski definition) is 2. The van der Waals surface area contributed by atoms with Crippen LogP contribution in [0.1, 0.15) is 5.56 Å². The molecule has 1 aromatic heterocycles. The van der Waals surface area contributed by atoms with E-state index >= 15 is 0 Å². The van der Waals surface area contributed by atoms with Crippen LogP contribution in [0.4, 0.5) is 10.2 Å². The lowest BCUT2D eigenvalue weighted by molar-refractivity contribution is 0.627. The molecule has 0 radical (unpaired) electrons. The molecular weight excluding hydrogens is 336 g/mol. The Balaban J connectivity index is 1.93. The zero-order valence-electron chi connectivity index (χ0n) is 12.0. The van der Waals surface area contributed by atoms with E-state index in [0.29, 0.717) is 10.0 Å². The highest BCUT2D eigenvalue weighted by Crippen LogP contribution is 2.40.